The van der Waals surface area contributed by atoms with Gasteiger partial charge in [-0.15, -0.1) is 11.3 Å². The van der Waals surface area contributed by atoms with Crippen molar-refractivity contribution in [2.75, 3.05) is 24.9 Å². The van der Waals surface area contributed by atoms with Gasteiger partial charge < -0.3 is 14.4 Å². The van der Waals surface area contributed by atoms with E-state index in [-0.39, 0.29) is 22.6 Å². The van der Waals surface area contributed by atoms with E-state index in [9.17, 15) is 13.2 Å². The smallest absolute Gasteiger partial charge is 0.271 e. The quantitative estimate of drug-likeness (QED) is 0.587. The van der Waals surface area contributed by atoms with Gasteiger partial charge in [0.2, 0.25) is 5.91 Å². The molecule has 162 valence electrons. The number of para-hydroxylation sites is 2. The van der Waals surface area contributed by atoms with Crippen LogP contribution in [0.25, 0.3) is 0 Å². The minimum absolute atomic E-state index is 0.0608. The first-order valence-corrected chi connectivity index (χ1v) is 12.0. The number of amides is 1. The highest BCUT2D eigenvalue weighted by molar-refractivity contribution is 7.94. The molecule has 1 aliphatic heterocycles. The molecule has 1 unspecified atom stereocenters. The Morgan fingerprint density at radius 2 is 1.84 bits per heavy atom. The van der Waals surface area contributed by atoms with Crippen LogP contribution in [0.4, 0.5) is 5.69 Å². The average molecular weight is 459 g/mol. The fraction of sp³-hybridized carbons (Fsp3) is 0.227. The summed E-state index contributed by atoms with van der Waals surface area (Å²) in [5.41, 5.74) is 1.24. The number of carbonyl (C=O) groups is 1. The molecule has 0 spiro atoms. The number of thiophene rings is 1. The normalized spacial score (nSPS) is 15.3. The van der Waals surface area contributed by atoms with E-state index >= 15 is 0 Å². The summed E-state index contributed by atoms with van der Waals surface area (Å²) >= 11 is 1.15. The molecule has 31 heavy (non-hydrogen) atoms. The molecule has 4 rings (SSSR count). The Labute approximate surface area is 185 Å². The van der Waals surface area contributed by atoms with Crippen LogP contribution < -0.4 is 14.2 Å². The molecule has 0 fully saturated rings. The van der Waals surface area contributed by atoms with Crippen LogP contribution in [0.15, 0.2) is 70.3 Å². The summed E-state index contributed by atoms with van der Waals surface area (Å²) in [4.78, 5) is 14.2. The fourth-order valence-corrected chi connectivity index (χ4v) is 5.23. The molecule has 1 atom stereocenters. The van der Waals surface area contributed by atoms with E-state index in [1.54, 1.807) is 53.7 Å². The van der Waals surface area contributed by atoms with E-state index in [0.29, 0.717) is 30.3 Å². The Kier molecular flexibility index (Phi) is 6.15. The summed E-state index contributed by atoms with van der Waals surface area (Å²) in [6, 6.07) is 17.5. The minimum Gasteiger partial charge on any atom is -0.486 e. The van der Waals surface area contributed by atoms with Crippen LogP contribution in [0, 0.1) is 0 Å². The molecule has 1 amide bonds. The molecular formula is C22H22N2O5S2. The fourth-order valence-electron chi connectivity index (χ4n) is 3.18. The van der Waals surface area contributed by atoms with Gasteiger partial charge >= 0.3 is 0 Å². The van der Waals surface area contributed by atoms with Crippen molar-refractivity contribution in [3.8, 4) is 11.5 Å². The number of sulfonamides is 1. The Bertz CT molecular complexity index is 1140. The number of benzene rings is 2. The second-order valence-corrected chi connectivity index (χ2v) is 10.0. The predicted molar refractivity (Wildman–Crippen MR) is 119 cm³/mol. The van der Waals surface area contributed by atoms with E-state index in [1.807, 2.05) is 24.3 Å². The molecule has 2 heterocycles. The lowest BCUT2D eigenvalue weighted by atomic mass is 10.1. The van der Waals surface area contributed by atoms with E-state index in [0.717, 1.165) is 16.9 Å². The number of carbonyl (C=O) groups excluding carboxylic acids is 1. The number of ether oxygens (including phenoxy) is 2. The summed E-state index contributed by atoms with van der Waals surface area (Å²) in [5.74, 6) is 1.33. The van der Waals surface area contributed by atoms with Crippen LogP contribution in [0.2, 0.25) is 0 Å². The first-order valence-electron chi connectivity index (χ1n) is 9.68. The van der Waals surface area contributed by atoms with Gasteiger partial charge in [0.25, 0.3) is 10.0 Å². The number of anilines is 1. The van der Waals surface area contributed by atoms with Crippen molar-refractivity contribution in [1.82, 2.24) is 4.90 Å². The van der Waals surface area contributed by atoms with Gasteiger partial charge in [-0.1, -0.05) is 30.3 Å². The molecule has 0 saturated heterocycles. The Morgan fingerprint density at radius 1 is 1.10 bits per heavy atom. The lowest BCUT2D eigenvalue weighted by Crippen LogP contribution is -2.42. The number of likely N-dealkylation sites (N-methyl/N-ethyl adjacent to an activating group) is 1. The topological polar surface area (TPSA) is 84.9 Å². The first kappa shape index (κ1) is 21.2. The Morgan fingerprint density at radius 3 is 2.55 bits per heavy atom. The maximum absolute atomic E-state index is 12.6. The molecule has 0 bridgehead atoms. The number of fused-ring (bicyclic) bond motifs is 1. The molecule has 1 aliphatic rings. The molecule has 3 aromatic rings. The van der Waals surface area contributed by atoms with Crippen LogP contribution in [0.1, 0.15) is 5.56 Å². The van der Waals surface area contributed by atoms with Gasteiger partial charge in [0.15, 0.2) is 17.6 Å². The van der Waals surface area contributed by atoms with Gasteiger partial charge in [-0.2, -0.15) is 0 Å². The van der Waals surface area contributed by atoms with Crippen molar-refractivity contribution in [1.29, 1.82) is 0 Å². The van der Waals surface area contributed by atoms with E-state index < -0.39 is 10.0 Å². The maximum atomic E-state index is 12.6. The van der Waals surface area contributed by atoms with Crippen molar-refractivity contribution < 1.29 is 22.7 Å². The van der Waals surface area contributed by atoms with Crippen molar-refractivity contribution in [3.63, 3.8) is 0 Å². The third-order valence-electron chi connectivity index (χ3n) is 4.79. The molecule has 0 aliphatic carbocycles. The average Bonchev–Trinajstić information content (AvgIpc) is 3.31. The highest BCUT2D eigenvalue weighted by atomic mass is 32.2. The van der Waals surface area contributed by atoms with E-state index in [1.165, 1.54) is 0 Å². The van der Waals surface area contributed by atoms with Gasteiger partial charge in [-0.25, -0.2) is 8.42 Å². The largest absolute Gasteiger partial charge is 0.486 e. The van der Waals surface area contributed by atoms with Crippen LogP contribution in [-0.2, 0) is 21.2 Å². The predicted octanol–water partition coefficient (Wildman–Crippen LogP) is 3.39. The SMILES string of the molecule is CN(CC1COc2ccccc2O1)C(=O)Cc1ccc(NS(=O)(=O)c2cccs2)cc1. The molecule has 9 heteroatoms. The molecule has 0 radical (unpaired) electrons. The second-order valence-electron chi connectivity index (χ2n) is 7.18. The summed E-state index contributed by atoms with van der Waals surface area (Å²) in [5, 5.41) is 1.71. The number of nitrogens with one attached hydrogen (secondary N) is 1. The lowest BCUT2D eigenvalue weighted by Gasteiger charge is -2.29. The highest BCUT2D eigenvalue weighted by Gasteiger charge is 2.23. The zero-order valence-electron chi connectivity index (χ0n) is 16.9. The first-order chi connectivity index (χ1) is 14.9. The lowest BCUT2D eigenvalue weighted by molar-refractivity contribution is -0.130. The van der Waals surface area contributed by atoms with E-state index in [2.05, 4.69) is 4.72 Å². The molecule has 2 aromatic carbocycles. The van der Waals surface area contributed by atoms with Gasteiger partial charge in [-0.05, 0) is 41.3 Å². The Hall–Kier alpha value is -3.04. The van der Waals surface area contributed by atoms with Crippen LogP contribution >= 0.6 is 11.3 Å². The minimum atomic E-state index is -3.59. The maximum Gasteiger partial charge on any atom is 0.271 e. The Balaban J connectivity index is 1.31. The summed E-state index contributed by atoms with van der Waals surface area (Å²) in [7, 11) is -1.86. The highest BCUT2D eigenvalue weighted by Crippen LogP contribution is 2.31. The van der Waals surface area contributed by atoms with Crippen molar-refractivity contribution in [2.24, 2.45) is 0 Å². The zero-order valence-corrected chi connectivity index (χ0v) is 18.5. The molecule has 7 nitrogen and oxygen atoms in total. The molecule has 1 aromatic heterocycles. The monoisotopic (exact) mass is 458 g/mol. The standard InChI is InChI=1S/C22H22N2O5S2/c1-24(14-18-15-28-19-5-2-3-6-20(19)29-18)21(25)13-16-8-10-17(11-9-16)23-31(26,27)22-7-4-12-30-22/h2-12,18,23H,13-15H2,1H3. The number of hydrogen-bond donors (Lipinski definition) is 1. The van der Waals surface area contributed by atoms with Crippen LogP contribution in [0.3, 0.4) is 0 Å². The van der Waals surface area contributed by atoms with Gasteiger partial charge in [0.1, 0.15) is 10.8 Å². The van der Waals surface area contributed by atoms with Gasteiger partial charge in [0, 0.05) is 12.7 Å². The van der Waals surface area contributed by atoms with Gasteiger partial charge in [0.05, 0.1) is 13.0 Å². The third kappa shape index (κ3) is 5.18. The van der Waals surface area contributed by atoms with Crippen molar-refractivity contribution >= 4 is 33.0 Å². The number of hydrogen-bond acceptors (Lipinski definition) is 6. The van der Waals surface area contributed by atoms with Crippen LogP contribution in [0.5, 0.6) is 11.5 Å². The molecule has 1 N–H and O–H groups in total. The van der Waals surface area contributed by atoms with Gasteiger partial charge in [-0.3, -0.25) is 9.52 Å². The second kappa shape index (κ2) is 8.99. The van der Waals surface area contributed by atoms with E-state index in [4.69, 9.17) is 9.47 Å². The summed E-state index contributed by atoms with van der Waals surface area (Å²) in [6.07, 6.45) is -0.0311. The summed E-state index contributed by atoms with van der Waals surface area (Å²) < 4.78 is 39.0. The van der Waals surface area contributed by atoms with Crippen LogP contribution in [-0.4, -0.2) is 45.5 Å². The zero-order chi connectivity index (χ0) is 21.8. The number of nitrogens with zero attached hydrogens (tertiary/aromatic N) is 1. The molecular weight excluding hydrogens is 436 g/mol. The third-order valence-corrected chi connectivity index (χ3v) is 7.57. The number of rotatable bonds is 7. The molecule has 0 saturated carbocycles. The van der Waals surface area contributed by atoms with Crippen molar-refractivity contribution in [3.05, 3.63) is 71.6 Å². The summed E-state index contributed by atoms with van der Waals surface area (Å²) in [6.45, 7) is 0.791. The van der Waals surface area contributed by atoms with Crippen molar-refractivity contribution in [2.45, 2.75) is 16.7 Å².